The number of nitro benzene ring substituents is 1. The Labute approximate surface area is 114 Å². The maximum Gasteiger partial charge on any atom is 0.312 e. The normalized spacial score (nSPS) is 11.3. The monoisotopic (exact) mass is 317 g/mol. The summed E-state index contributed by atoms with van der Waals surface area (Å²) in [4.78, 5) is 10.4. The van der Waals surface area contributed by atoms with Crippen LogP contribution in [0.3, 0.4) is 0 Å². The lowest BCUT2D eigenvalue weighted by atomic mass is 10.2. The Kier molecular flexibility index (Phi) is 5.10. The van der Waals surface area contributed by atoms with Crippen molar-refractivity contribution in [3.8, 4) is 5.75 Å². The summed E-state index contributed by atoms with van der Waals surface area (Å²) < 4.78 is 11.5. The maximum absolute atomic E-state index is 10.8. The van der Waals surface area contributed by atoms with Crippen LogP contribution in [0.2, 0.25) is 0 Å². The van der Waals surface area contributed by atoms with Gasteiger partial charge in [-0.25, -0.2) is 0 Å². The van der Waals surface area contributed by atoms with Gasteiger partial charge in [-0.1, -0.05) is 15.9 Å². The number of ether oxygens (including phenoxy) is 2. The van der Waals surface area contributed by atoms with Gasteiger partial charge >= 0.3 is 5.69 Å². The molecule has 0 radical (unpaired) electrons. The van der Waals surface area contributed by atoms with Gasteiger partial charge in [0, 0.05) is 10.5 Å². The molecule has 0 saturated heterocycles. The van der Waals surface area contributed by atoms with Crippen LogP contribution >= 0.6 is 15.9 Å². The van der Waals surface area contributed by atoms with E-state index in [1.165, 1.54) is 6.07 Å². The number of halogens is 1. The van der Waals surface area contributed by atoms with E-state index in [4.69, 9.17) is 9.47 Å². The van der Waals surface area contributed by atoms with E-state index in [0.29, 0.717) is 11.1 Å². The Balaban J connectivity index is 2.59. The fourth-order valence-electron chi connectivity index (χ4n) is 1.25. The number of hydrogen-bond acceptors (Lipinski definition) is 4. The van der Waals surface area contributed by atoms with Crippen LogP contribution in [0.1, 0.15) is 20.8 Å². The molecule has 0 aliphatic heterocycles. The second-order valence-corrected chi connectivity index (χ2v) is 5.59. The molecule has 5 nitrogen and oxygen atoms in total. The minimum absolute atomic E-state index is 0.0554. The number of benzene rings is 1. The molecule has 6 heteroatoms. The van der Waals surface area contributed by atoms with Crippen molar-refractivity contribution in [2.24, 2.45) is 0 Å². The van der Waals surface area contributed by atoms with E-state index < -0.39 is 4.92 Å². The van der Waals surface area contributed by atoms with E-state index in [2.05, 4.69) is 15.9 Å². The fraction of sp³-hybridized carbons (Fsp3) is 0.500. The Morgan fingerprint density at radius 1 is 1.33 bits per heavy atom. The summed E-state index contributed by atoms with van der Waals surface area (Å²) in [5.74, 6) is 0.251. The highest BCUT2D eigenvalue weighted by molar-refractivity contribution is 9.10. The average Bonchev–Trinajstić information content (AvgIpc) is 2.24. The van der Waals surface area contributed by atoms with Crippen LogP contribution in [0.15, 0.2) is 22.7 Å². The first-order valence-corrected chi connectivity index (χ1v) is 6.29. The van der Waals surface area contributed by atoms with Gasteiger partial charge in [0.25, 0.3) is 0 Å². The van der Waals surface area contributed by atoms with Gasteiger partial charge in [0.1, 0.15) is 6.61 Å². The quantitative estimate of drug-likeness (QED) is 0.473. The van der Waals surface area contributed by atoms with E-state index in [9.17, 15) is 10.1 Å². The molecule has 18 heavy (non-hydrogen) atoms. The summed E-state index contributed by atoms with van der Waals surface area (Å²) >= 11 is 3.19. The second-order valence-electron chi connectivity index (χ2n) is 4.68. The zero-order chi connectivity index (χ0) is 13.8. The van der Waals surface area contributed by atoms with E-state index in [1.54, 1.807) is 12.1 Å². The first-order valence-electron chi connectivity index (χ1n) is 5.50. The van der Waals surface area contributed by atoms with Crippen molar-refractivity contribution in [3.05, 3.63) is 32.8 Å². The van der Waals surface area contributed by atoms with Gasteiger partial charge in [-0.3, -0.25) is 10.1 Å². The van der Waals surface area contributed by atoms with Crippen molar-refractivity contribution in [3.63, 3.8) is 0 Å². The van der Waals surface area contributed by atoms with Crippen LogP contribution < -0.4 is 4.74 Å². The average molecular weight is 318 g/mol. The van der Waals surface area contributed by atoms with Crippen LogP contribution in [-0.2, 0) is 4.74 Å². The molecule has 1 aromatic rings. The number of rotatable bonds is 5. The Morgan fingerprint density at radius 2 is 2.00 bits per heavy atom. The first-order chi connectivity index (χ1) is 8.29. The molecular weight excluding hydrogens is 302 g/mol. The van der Waals surface area contributed by atoms with E-state index >= 15 is 0 Å². The van der Waals surface area contributed by atoms with Gasteiger partial charge in [0.05, 0.1) is 17.1 Å². The van der Waals surface area contributed by atoms with Gasteiger partial charge < -0.3 is 9.47 Å². The summed E-state index contributed by atoms with van der Waals surface area (Å²) in [5, 5.41) is 10.8. The predicted molar refractivity (Wildman–Crippen MR) is 72.0 cm³/mol. The molecule has 0 N–H and O–H groups in total. The predicted octanol–water partition coefficient (Wildman–Crippen LogP) is 3.55. The molecule has 0 fully saturated rings. The molecular formula is C12H16BrNO4. The molecule has 0 amide bonds. The summed E-state index contributed by atoms with van der Waals surface area (Å²) in [7, 11) is 0. The Hall–Kier alpha value is -1.14. The minimum Gasteiger partial charge on any atom is -0.484 e. The van der Waals surface area contributed by atoms with E-state index in [0.717, 1.165) is 0 Å². The van der Waals surface area contributed by atoms with E-state index in [-0.39, 0.29) is 23.6 Å². The minimum atomic E-state index is -0.468. The largest absolute Gasteiger partial charge is 0.484 e. The standard InChI is InChI=1S/C12H16BrNO4/c1-12(2,3)18-7-6-17-11-5-4-9(13)8-10(11)14(15)16/h4-5,8H,6-7H2,1-3H3. The Morgan fingerprint density at radius 3 is 2.56 bits per heavy atom. The highest BCUT2D eigenvalue weighted by Crippen LogP contribution is 2.29. The number of nitro groups is 1. The molecule has 0 aromatic heterocycles. The maximum atomic E-state index is 10.8. The van der Waals surface area contributed by atoms with Crippen LogP contribution in [0, 0.1) is 10.1 Å². The lowest BCUT2D eigenvalue weighted by molar-refractivity contribution is -0.386. The molecule has 0 saturated carbocycles. The van der Waals surface area contributed by atoms with Crippen molar-refractivity contribution in [1.29, 1.82) is 0 Å². The van der Waals surface area contributed by atoms with Crippen LogP contribution in [-0.4, -0.2) is 23.7 Å². The molecule has 0 bridgehead atoms. The van der Waals surface area contributed by atoms with Gasteiger partial charge in [0.15, 0.2) is 5.75 Å². The lowest BCUT2D eigenvalue weighted by Crippen LogP contribution is -2.22. The summed E-state index contributed by atoms with van der Waals surface area (Å²) in [6.07, 6.45) is 0. The lowest BCUT2D eigenvalue weighted by Gasteiger charge is -2.19. The van der Waals surface area contributed by atoms with Gasteiger partial charge in [0.2, 0.25) is 0 Å². The van der Waals surface area contributed by atoms with Gasteiger partial charge in [-0.05, 0) is 32.9 Å². The molecule has 0 heterocycles. The first kappa shape index (κ1) is 14.9. The van der Waals surface area contributed by atoms with Crippen molar-refractivity contribution in [1.82, 2.24) is 0 Å². The summed E-state index contributed by atoms with van der Waals surface area (Å²) in [6, 6.07) is 4.69. The molecule has 0 atom stereocenters. The highest BCUT2D eigenvalue weighted by Gasteiger charge is 2.16. The topological polar surface area (TPSA) is 61.6 Å². The third kappa shape index (κ3) is 5.01. The molecule has 100 valence electrons. The summed E-state index contributed by atoms with van der Waals surface area (Å²) in [6.45, 7) is 6.48. The van der Waals surface area contributed by atoms with Gasteiger partial charge in [-0.2, -0.15) is 0 Å². The second kappa shape index (κ2) is 6.15. The molecule has 0 unspecified atom stereocenters. The third-order valence-electron chi connectivity index (χ3n) is 1.99. The van der Waals surface area contributed by atoms with Crippen LogP contribution in [0.25, 0.3) is 0 Å². The van der Waals surface area contributed by atoms with Crippen molar-refractivity contribution < 1.29 is 14.4 Å². The van der Waals surface area contributed by atoms with Crippen LogP contribution in [0.4, 0.5) is 5.69 Å². The van der Waals surface area contributed by atoms with Crippen molar-refractivity contribution >= 4 is 21.6 Å². The molecule has 0 aliphatic carbocycles. The van der Waals surface area contributed by atoms with Crippen molar-refractivity contribution in [2.75, 3.05) is 13.2 Å². The zero-order valence-electron chi connectivity index (χ0n) is 10.6. The van der Waals surface area contributed by atoms with Crippen molar-refractivity contribution in [2.45, 2.75) is 26.4 Å². The fourth-order valence-corrected chi connectivity index (χ4v) is 1.60. The molecule has 0 spiro atoms. The molecule has 1 aromatic carbocycles. The SMILES string of the molecule is CC(C)(C)OCCOc1ccc(Br)cc1[N+](=O)[O-]. The van der Waals surface area contributed by atoms with E-state index in [1.807, 2.05) is 20.8 Å². The van der Waals surface area contributed by atoms with Gasteiger partial charge in [-0.15, -0.1) is 0 Å². The Bertz CT molecular complexity index is 429. The molecule has 1 rings (SSSR count). The smallest absolute Gasteiger partial charge is 0.312 e. The number of hydrogen-bond donors (Lipinski definition) is 0. The molecule has 0 aliphatic rings. The highest BCUT2D eigenvalue weighted by atomic mass is 79.9. The third-order valence-corrected chi connectivity index (χ3v) is 2.49. The summed E-state index contributed by atoms with van der Waals surface area (Å²) in [5.41, 5.74) is -0.296. The zero-order valence-corrected chi connectivity index (χ0v) is 12.2. The van der Waals surface area contributed by atoms with Crippen LogP contribution in [0.5, 0.6) is 5.75 Å². The number of nitrogens with zero attached hydrogens (tertiary/aromatic N) is 1.